The molecule has 1 heterocycles. The molecule has 52 heavy (non-hydrogen) atoms. The summed E-state index contributed by atoms with van der Waals surface area (Å²) in [5.74, 6) is -5.62. The van der Waals surface area contributed by atoms with Gasteiger partial charge >= 0.3 is 17.9 Å². The average molecular weight is 771 g/mol. The number of nitrogens with zero attached hydrogens (tertiary/aromatic N) is 1. The van der Waals surface area contributed by atoms with Gasteiger partial charge in [-0.2, -0.15) is 8.78 Å². The molecule has 1 fully saturated rings. The van der Waals surface area contributed by atoms with Crippen LogP contribution in [0.5, 0.6) is 0 Å². The number of hydrogen-bond acceptors (Lipinski definition) is 9. The van der Waals surface area contributed by atoms with E-state index in [-0.39, 0.29) is 36.0 Å². The Morgan fingerprint density at radius 3 is 2.29 bits per heavy atom. The van der Waals surface area contributed by atoms with Crippen LogP contribution < -0.4 is 5.32 Å². The summed E-state index contributed by atoms with van der Waals surface area (Å²) in [5, 5.41) is 9.58. The lowest BCUT2D eigenvalue weighted by Gasteiger charge is -2.27. The Hall–Kier alpha value is -3.74. The van der Waals surface area contributed by atoms with Crippen molar-refractivity contribution in [2.75, 3.05) is 19.7 Å². The van der Waals surface area contributed by atoms with Gasteiger partial charge in [-0.1, -0.05) is 61.4 Å². The minimum absolute atomic E-state index is 0.0951. The molecule has 2 aromatic carbocycles. The molecule has 1 aliphatic rings. The minimum Gasteiger partial charge on any atom is -0.466 e. The number of amides is 2. The number of aliphatic hydroxyl groups is 1. The Kier molecular flexibility index (Phi) is 16.8. The summed E-state index contributed by atoms with van der Waals surface area (Å²) < 4.78 is 64.6. The lowest BCUT2D eigenvalue weighted by Crippen LogP contribution is -2.36. The standard InChI is InChI=1S/C35H46F2N2O11P2/c1-2-49-31(41)12-8-3-4-9-23-39-28(18-20-30(39)40)17-19-29(35(36,37)27-10-6-5-7-11-27)50-32(42)24-25-13-15-26(16-14-25)33(43)38-22-21-34(44,51(45)46)52(47)48/h5-7,10-11,13-17,19,28-29,44,51-52H,2-4,8-9,12,18,20-24H2,1H3,(H,38,43)(H,45,46)(H,47,48)/b19-17+/t28-,29+/m0/s1. The van der Waals surface area contributed by atoms with Crippen molar-refractivity contribution in [2.45, 2.75) is 87.9 Å². The molecule has 13 nitrogen and oxygen atoms in total. The van der Waals surface area contributed by atoms with Gasteiger partial charge in [-0.15, -0.1) is 0 Å². The zero-order chi connectivity index (χ0) is 38.3. The SMILES string of the molecule is CCOC(=O)CCCCCCN1C(=O)CC[C@@H]1/C=C/[C@@H](OC(=O)Cc1ccc(C(=O)NCCC(O)([PH](=O)O)[PH](=O)O)cc1)C(F)(F)c1ccccc1. The van der Waals surface area contributed by atoms with E-state index in [4.69, 9.17) is 9.47 Å². The fourth-order valence-corrected chi connectivity index (χ4v) is 6.97. The van der Waals surface area contributed by atoms with Crippen LogP contribution in [0.1, 0.15) is 79.8 Å². The zero-order valence-electron chi connectivity index (χ0n) is 28.8. The van der Waals surface area contributed by atoms with Crippen LogP contribution in [0.15, 0.2) is 66.7 Å². The number of hydrogen-bond donors (Lipinski definition) is 4. The maximum atomic E-state index is 15.8. The van der Waals surface area contributed by atoms with Crippen molar-refractivity contribution >= 4 is 39.8 Å². The van der Waals surface area contributed by atoms with Crippen LogP contribution in [0.2, 0.25) is 0 Å². The van der Waals surface area contributed by atoms with Crippen molar-refractivity contribution in [3.63, 3.8) is 0 Å². The first-order valence-electron chi connectivity index (χ1n) is 17.0. The van der Waals surface area contributed by atoms with Gasteiger partial charge in [-0.25, -0.2) is 0 Å². The normalized spacial score (nSPS) is 17.7. The first-order chi connectivity index (χ1) is 24.7. The molecule has 0 bridgehead atoms. The second kappa shape index (κ2) is 20.5. The van der Waals surface area contributed by atoms with E-state index in [1.54, 1.807) is 17.9 Å². The Bertz CT molecular complexity index is 1580. The Balaban J connectivity index is 1.63. The van der Waals surface area contributed by atoms with Crippen molar-refractivity contribution < 1.29 is 61.5 Å². The third-order valence-electron chi connectivity index (χ3n) is 8.54. The molecule has 3 rings (SSSR count). The highest BCUT2D eigenvalue weighted by Gasteiger charge is 2.43. The topological polar surface area (TPSA) is 197 Å². The second-order valence-corrected chi connectivity index (χ2v) is 15.7. The van der Waals surface area contributed by atoms with Crippen LogP contribution >= 0.6 is 16.1 Å². The maximum Gasteiger partial charge on any atom is 0.312 e. The fraction of sp³-hybridized carbons (Fsp3) is 0.486. The van der Waals surface area contributed by atoms with E-state index in [2.05, 4.69) is 5.32 Å². The Morgan fingerprint density at radius 1 is 1.00 bits per heavy atom. The average Bonchev–Trinajstić information content (AvgIpc) is 3.46. The van der Waals surface area contributed by atoms with Crippen LogP contribution in [0, 0.1) is 0 Å². The summed E-state index contributed by atoms with van der Waals surface area (Å²) in [5.41, 5.74) is 0.0679. The van der Waals surface area contributed by atoms with Crippen LogP contribution in [-0.2, 0) is 45.3 Å². The second-order valence-electron chi connectivity index (χ2n) is 12.3. The molecule has 2 aromatic rings. The molecule has 1 saturated heterocycles. The van der Waals surface area contributed by atoms with Crippen molar-refractivity contribution in [2.24, 2.45) is 0 Å². The molecule has 0 spiro atoms. The van der Waals surface area contributed by atoms with Crippen molar-refractivity contribution in [1.82, 2.24) is 10.2 Å². The van der Waals surface area contributed by atoms with Gasteiger partial charge in [0.25, 0.3) is 5.91 Å². The smallest absolute Gasteiger partial charge is 0.312 e. The molecule has 0 radical (unpaired) electrons. The fourth-order valence-electron chi connectivity index (χ4n) is 5.56. The van der Waals surface area contributed by atoms with Crippen molar-refractivity contribution in [3.8, 4) is 0 Å². The summed E-state index contributed by atoms with van der Waals surface area (Å²) in [6, 6.07) is 11.9. The van der Waals surface area contributed by atoms with Gasteiger partial charge in [0.2, 0.25) is 27.0 Å². The van der Waals surface area contributed by atoms with Gasteiger partial charge < -0.3 is 34.6 Å². The zero-order valence-corrected chi connectivity index (χ0v) is 30.8. The van der Waals surface area contributed by atoms with E-state index in [9.17, 15) is 43.2 Å². The third-order valence-corrected chi connectivity index (χ3v) is 11.7. The summed E-state index contributed by atoms with van der Waals surface area (Å²) >= 11 is 0. The number of ether oxygens (including phenoxy) is 2. The number of unbranched alkanes of at least 4 members (excludes halogenated alkanes) is 3. The monoisotopic (exact) mass is 770 g/mol. The summed E-state index contributed by atoms with van der Waals surface area (Å²) in [6.07, 6.45) is 3.42. The number of likely N-dealkylation sites (tertiary alicyclic amines) is 1. The highest BCUT2D eigenvalue weighted by molar-refractivity contribution is 7.59. The lowest BCUT2D eigenvalue weighted by molar-refractivity contribution is -0.167. The van der Waals surface area contributed by atoms with Gasteiger partial charge in [-0.05, 0) is 50.0 Å². The molecular formula is C35H46F2N2O11P2. The van der Waals surface area contributed by atoms with E-state index >= 15 is 8.78 Å². The van der Waals surface area contributed by atoms with E-state index in [0.29, 0.717) is 44.4 Å². The number of nitrogens with one attached hydrogen (secondary N) is 1. The molecule has 0 saturated carbocycles. The number of carbonyl (C=O) groups is 4. The van der Waals surface area contributed by atoms with Crippen LogP contribution in [-0.4, -0.2) is 80.5 Å². The number of alkyl halides is 2. The number of esters is 2. The first-order valence-corrected chi connectivity index (χ1v) is 19.7. The predicted octanol–water partition coefficient (Wildman–Crippen LogP) is 4.69. The number of halogens is 2. The maximum absolute atomic E-state index is 15.8. The van der Waals surface area contributed by atoms with Gasteiger partial charge in [-0.3, -0.25) is 28.3 Å². The molecule has 4 N–H and O–H groups in total. The van der Waals surface area contributed by atoms with Crippen LogP contribution in [0.4, 0.5) is 8.78 Å². The van der Waals surface area contributed by atoms with E-state index in [0.717, 1.165) is 18.9 Å². The molecule has 2 amide bonds. The highest BCUT2D eigenvalue weighted by Crippen LogP contribution is 2.51. The van der Waals surface area contributed by atoms with E-state index in [1.807, 2.05) is 0 Å². The summed E-state index contributed by atoms with van der Waals surface area (Å²) in [6.45, 7) is 2.11. The molecule has 17 heteroatoms. The molecule has 2 unspecified atom stereocenters. The first kappa shape index (κ1) is 42.7. The van der Waals surface area contributed by atoms with Crippen LogP contribution in [0.25, 0.3) is 0 Å². The van der Waals surface area contributed by atoms with Gasteiger partial charge in [0.05, 0.1) is 19.1 Å². The number of rotatable bonds is 21. The van der Waals surface area contributed by atoms with Crippen molar-refractivity contribution in [3.05, 3.63) is 83.4 Å². The number of benzene rings is 2. The molecule has 286 valence electrons. The lowest BCUT2D eigenvalue weighted by atomic mass is 10.0. The Labute approximate surface area is 302 Å². The third kappa shape index (κ3) is 12.4. The van der Waals surface area contributed by atoms with E-state index in [1.165, 1.54) is 54.6 Å². The largest absolute Gasteiger partial charge is 0.466 e. The van der Waals surface area contributed by atoms with Gasteiger partial charge in [0.1, 0.15) is 0 Å². The van der Waals surface area contributed by atoms with Gasteiger partial charge in [0.15, 0.2) is 6.10 Å². The molecular weight excluding hydrogens is 724 g/mol. The molecule has 4 atom stereocenters. The summed E-state index contributed by atoms with van der Waals surface area (Å²) in [7, 11) is -7.58. The quantitative estimate of drug-likeness (QED) is 0.0595. The number of carbonyl (C=O) groups excluding carboxylic acids is 4. The summed E-state index contributed by atoms with van der Waals surface area (Å²) in [4.78, 5) is 69.7. The molecule has 1 aliphatic heterocycles. The van der Waals surface area contributed by atoms with E-state index < -0.39 is 63.9 Å². The minimum atomic E-state index is -3.79. The van der Waals surface area contributed by atoms with Crippen LogP contribution in [0.3, 0.4) is 0 Å². The van der Waals surface area contributed by atoms with Gasteiger partial charge in [0, 0.05) is 43.5 Å². The van der Waals surface area contributed by atoms with Crippen molar-refractivity contribution in [1.29, 1.82) is 0 Å². The molecule has 0 aromatic heterocycles. The Morgan fingerprint density at radius 2 is 1.65 bits per heavy atom. The molecule has 0 aliphatic carbocycles. The predicted molar refractivity (Wildman–Crippen MR) is 188 cm³/mol. The highest BCUT2D eigenvalue weighted by atomic mass is 31.2.